The molecular formula is C13H14N4O2. The Morgan fingerprint density at radius 3 is 2.95 bits per heavy atom. The van der Waals surface area contributed by atoms with Crippen LogP contribution in [0, 0.1) is 0 Å². The highest BCUT2D eigenvalue weighted by Crippen LogP contribution is 2.16. The minimum Gasteiger partial charge on any atom is -0.388 e. The molecule has 0 saturated carbocycles. The van der Waals surface area contributed by atoms with Gasteiger partial charge in [0.25, 0.3) is 0 Å². The van der Waals surface area contributed by atoms with Crippen molar-refractivity contribution in [3.8, 4) is 0 Å². The van der Waals surface area contributed by atoms with Gasteiger partial charge < -0.3 is 14.2 Å². The normalized spacial score (nSPS) is 11.2. The van der Waals surface area contributed by atoms with Gasteiger partial charge in [0, 0.05) is 13.0 Å². The Morgan fingerprint density at radius 1 is 1.26 bits per heavy atom. The Morgan fingerprint density at radius 2 is 2.16 bits per heavy atom. The molecule has 0 atom stereocenters. The van der Waals surface area contributed by atoms with Crippen molar-refractivity contribution in [3.63, 3.8) is 0 Å². The molecule has 0 fully saturated rings. The van der Waals surface area contributed by atoms with E-state index in [4.69, 9.17) is 4.52 Å². The summed E-state index contributed by atoms with van der Waals surface area (Å²) in [5.74, 6) is 1.39. The van der Waals surface area contributed by atoms with Crippen LogP contribution in [0.1, 0.15) is 18.1 Å². The van der Waals surface area contributed by atoms with Gasteiger partial charge in [0.15, 0.2) is 5.82 Å². The lowest BCUT2D eigenvalue weighted by Gasteiger charge is -2.06. The third kappa shape index (κ3) is 2.34. The van der Waals surface area contributed by atoms with Crippen LogP contribution in [0.2, 0.25) is 0 Å². The molecule has 0 aliphatic heterocycles. The predicted octanol–water partition coefficient (Wildman–Crippen LogP) is 1.54. The molecule has 0 unspecified atom stereocenters. The van der Waals surface area contributed by atoms with Crippen LogP contribution in [0.5, 0.6) is 0 Å². The lowest BCUT2D eigenvalue weighted by Crippen LogP contribution is -2.05. The highest BCUT2D eigenvalue weighted by molar-refractivity contribution is 5.75. The Bertz CT molecular complexity index is 660. The van der Waals surface area contributed by atoms with Gasteiger partial charge in [-0.2, -0.15) is 4.98 Å². The number of imidazole rings is 1. The third-order valence-corrected chi connectivity index (χ3v) is 3.06. The van der Waals surface area contributed by atoms with Crippen LogP contribution >= 0.6 is 0 Å². The van der Waals surface area contributed by atoms with Crippen molar-refractivity contribution >= 4 is 11.0 Å². The van der Waals surface area contributed by atoms with Crippen molar-refractivity contribution in [2.45, 2.75) is 26.0 Å². The molecule has 0 radical (unpaired) electrons. The molecule has 3 rings (SSSR count). The van der Waals surface area contributed by atoms with Gasteiger partial charge in [-0.25, -0.2) is 4.98 Å². The Kier molecular flexibility index (Phi) is 3.24. The molecule has 0 bridgehead atoms. The van der Waals surface area contributed by atoms with Crippen LogP contribution in [0.25, 0.3) is 11.0 Å². The van der Waals surface area contributed by atoms with Crippen LogP contribution in [-0.2, 0) is 19.6 Å². The fourth-order valence-corrected chi connectivity index (χ4v) is 2.19. The van der Waals surface area contributed by atoms with E-state index in [-0.39, 0.29) is 6.61 Å². The lowest BCUT2D eigenvalue weighted by molar-refractivity contribution is 0.265. The maximum Gasteiger partial charge on any atom is 0.213 e. The molecule has 2 aromatic heterocycles. The second-order valence-corrected chi connectivity index (χ2v) is 4.28. The number of aliphatic hydroxyl groups is 1. The number of fused-ring (bicyclic) bond motifs is 1. The smallest absolute Gasteiger partial charge is 0.213 e. The topological polar surface area (TPSA) is 77.0 Å². The molecule has 0 spiro atoms. The second-order valence-electron chi connectivity index (χ2n) is 4.28. The first-order valence-electron chi connectivity index (χ1n) is 6.19. The maximum atomic E-state index is 9.38. The average molecular weight is 258 g/mol. The van der Waals surface area contributed by atoms with Gasteiger partial charge in [-0.3, -0.25) is 0 Å². The molecule has 19 heavy (non-hydrogen) atoms. The third-order valence-electron chi connectivity index (χ3n) is 3.06. The monoisotopic (exact) mass is 258 g/mol. The first-order chi connectivity index (χ1) is 9.38. The Hall–Kier alpha value is -2.21. The molecule has 0 amide bonds. The van der Waals surface area contributed by atoms with E-state index in [0.717, 1.165) is 30.4 Å². The summed E-state index contributed by atoms with van der Waals surface area (Å²) >= 11 is 0. The fraction of sp³-hybridized carbons (Fsp3) is 0.308. The number of hydrogen-bond acceptors (Lipinski definition) is 5. The van der Waals surface area contributed by atoms with E-state index < -0.39 is 0 Å². The molecule has 6 nitrogen and oxygen atoms in total. The summed E-state index contributed by atoms with van der Waals surface area (Å²) in [4.78, 5) is 8.40. The number of benzene rings is 1. The number of aliphatic hydroxyl groups excluding tert-OH is 1. The van der Waals surface area contributed by atoms with E-state index >= 15 is 0 Å². The average Bonchev–Trinajstić information content (AvgIpc) is 3.06. The number of rotatable bonds is 5. The van der Waals surface area contributed by atoms with Crippen molar-refractivity contribution in [3.05, 3.63) is 42.3 Å². The minimum absolute atomic E-state index is 0.0586. The van der Waals surface area contributed by atoms with E-state index in [9.17, 15) is 5.11 Å². The van der Waals surface area contributed by atoms with Gasteiger partial charge in [-0.15, -0.1) is 0 Å². The molecule has 0 aliphatic carbocycles. The van der Waals surface area contributed by atoms with Gasteiger partial charge in [-0.05, 0) is 18.6 Å². The highest BCUT2D eigenvalue weighted by atomic mass is 16.5. The number of nitrogens with zero attached hydrogens (tertiary/aromatic N) is 4. The zero-order valence-corrected chi connectivity index (χ0v) is 10.4. The van der Waals surface area contributed by atoms with Crippen molar-refractivity contribution in [1.82, 2.24) is 19.7 Å². The lowest BCUT2D eigenvalue weighted by atomic mass is 10.2. The SMILES string of the molecule is OCc1nc2ccccc2n1CCCc1ncon1. The highest BCUT2D eigenvalue weighted by Gasteiger charge is 2.09. The number of para-hydroxylation sites is 2. The Labute approximate surface area is 109 Å². The zero-order chi connectivity index (χ0) is 13.1. The zero-order valence-electron chi connectivity index (χ0n) is 10.4. The predicted molar refractivity (Wildman–Crippen MR) is 68.3 cm³/mol. The van der Waals surface area contributed by atoms with Gasteiger partial charge in [0.05, 0.1) is 11.0 Å². The van der Waals surface area contributed by atoms with Crippen LogP contribution < -0.4 is 0 Å². The summed E-state index contributed by atoms with van der Waals surface area (Å²) in [6.07, 6.45) is 2.95. The van der Waals surface area contributed by atoms with Gasteiger partial charge in [0.1, 0.15) is 12.4 Å². The van der Waals surface area contributed by atoms with E-state index in [1.807, 2.05) is 28.8 Å². The van der Waals surface area contributed by atoms with Gasteiger partial charge >= 0.3 is 0 Å². The fourth-order valence-electron chi connectivity index (χ4n) is 2.19. The van der Waals surface area contributed by atoms with Crippen molar-refractivity contribution in [1.29, 1.82) is 0 Å². The molecule has 2 heterocycles. The standard InChI is InChI=1S/C13H14N4O2/c18-8-13-15-10-4-1-2-5-11(10)17(13)7-3-6-12-14-9-19-16-12/h1-2,4-5,9,18H,3,6-8H2. The summed E-state index contributed by atoms with van der Waals surface area (Å²) in [6, 6.07) is 7.88. The van der Waals surface area contributed by atoms with Gasteiger partial charge in [-0.1, -0.05) is 17.3 Å². The maximum absolute atomic E-state index is 9.38. The molecular weight excluding hydrogens is 244 g/mol. The second kappa shape index (κ2) is 5.19. The van der Waals surface area contributed by atoms with E-state index in [1.165, 1.54) is 6.39 Å². The van der Waals surface area contributed by atoms with Crippen LogP contribution in [-0.4, -0.2) is 24.8 Å². The van der Waals surface area contributed by atoms with Gasteiger partial charge in [0.2, 0.25) is 6.39 Å². The number of hydrogen-bond donors (Lipinski definition) is 1. The minimum atomic E-state index is -0.0586. The summed E-state index contributed by atoms with van der Waals surface area (Å²) in [5, 5.41) is 13.2. The summed E-state index contributed by atoms with van der Waals surface area (Å²) in [6.45, 7) is 0.710. The summed E-state index contributed by atoms with van der Waals surface area (Å²) in [7, 11) is 0. The van der Waals surface area contributed by atoms with E-state index in [0.29, 0.717) is 11.6 Å². The van der Waals surface area contributed by atoms with Crippen molar-refractivity contribution < 1.29 is 9.63 Å². The molecule has 1 aromatic carbocycles. The summed E-state index contributed by atoms with van der Waals surface area (Å²) in [5.41, 5.74) is 1.95. The molecule has 6 heteroatoms. The molecule has 3 aromatic rings. The molecule has 0 saturated heterocycles. The Balaban J connectivity index is 1.79. The van der Waals surface area contributed by atoms with Crippen LogP contribution in [0.15, 0.2) is 35.2 Å². The quantitative estimate of drug-likeness (QED) is 0.751. The number of aromatic nitrogens is 4. The number of aryl methyl sites for hydroxylation is 2. The van der Waals surface area contributed by atoms with E-state index in [1.54, 1.807) is 0 Å². The molecule has 1 N–H and O–H groups in total. The molecule has 0 aliphatic rings. The van der Waals surface area contributed by atoms with Crippen molar-refractivity contribution in [2.24, 2.45) is 0 Å². The summed E-state index contributed by atoms with van der Waals surface area (Å²) < 4.78 is 6.73. The first kappa shape index (κ1) is 11.9. The molecule has 98 valence electrons. The van der Waals surface area contributed by atoms with Crippen LogP contribution in [0.3, 0.4) is 0 Å². The van der Waals surface area contributed by atoms with Crippen LogP contribution in [0.4, 0.5) is 0 Å². The largest absolute Gasteiger partial charge is 0.388 e. The first-order valence-corrected chi connectivity index (χ1v) is 6.19. The van der Waals surface area contributed by atoms with E-state index in [2.05, 4.69) is 15.1 Å². The van der Waals surface area contributed by atoms with Crippen molar-refractivity contribution in [2.75, 3.05) is 0 Å².